The second kappa shape index (κ2) is 14.1. The predicted octanol–water partition coefficient (Wildman–Crippen LogP) is 6.56. The van der Waals surface area contributed by atoms with Gasteiger partial charge in [0.15, 0.2) is 0 Å². The minimum atomic E-state index is 0.127. The highest BCUT2D eigenvalue weighted by Crippen LogP contribution is 2.26. The topological polar surface area (TPSA) is 17.1 Å². The van der Waals surface area contributed by atoms with Crippen molar-refractivity contribution in [2.75, 3.05) is 0 Å². The predicted molar refractivity (Wildman–Crippen MR) is 104 cm³/mol. The van der Waals surface area contributed by atoms with Crippen LogP contribution < -0.4 is 0 Å². The third kappa shape index (κ3) is 10.8. The summed E-state index contributed by atoms with van der Waals surface area (Å²) in [6.07, 6.45) is 2.03. The lowest BCUT2D eigenvalue weighted by Crippen LogP contribution is -2.12. The second-order valence-corrected chi connectivity index (χ2v) is 6.25. The van der Waals surface area contributed by atoms with Gasteiger partial charge in [-0.25, -0.2) is 0 Å². The van der Waals surface area contributed by atoms with Crippen LogP contribution in [0.1, 0.15) is 46.1 Å². The Bertz CT molecular complexity index is 508. The van der Waals surface area contributed by atoms with E-state index in [-0.39, 0.29) is 11.0 Å². The van der Waals surface area contributed by atoms with Crippen molar-refractivity contribution < 1.29 is 4.79 Å². The molecule has 0 heterocycles. The van der Waals surface area contributed by atoms with Gasteiger partial charge in [-0.1, -0.05) is 81.3 Å². The minimum absolute atomic E-state index is 0.127. The normalized spacial score (nSPS) is 10.5. The van der Waals surface area contributed by atoms with E-state index in [4.69, 9.17) is 0 Å². The molecule has 23 heavy (non-hydrogen) atoms. The van der Waals surface area contributed by atoms with Crippen LogP contribution in [0, 0.1) is 6.92 Å². The molecule has 126 valence electrons. The van der Waals surface area contributed by atoms with Crippen LogP contribution in [0.2, 0.25) is 0 Å². The van der Waals surface area contributed by atoms with E-state index in [2.05, 4.69) is 38.1 Å². The van der Waals surface area contributed by atoms with E-state index in [9.17, 15) is 4.79 Å². The highest BCUT2D eigenvalue weighted by molar-refractivity contribution is 8.00. The molecule has 0 aliphatic rings. The number of benzene rings is 2. The van der Waals surface area contributed by atoms with E-state index in [1.807, 2.05) is 50.2 Å². The maximum atomic E-state index is 11.3. The summed E-state index contributed by atoms with van der Waals surface area (Å²) in [5.74, 6) is 0.278. The second-order valence-electron chi connectivity index (χ2n) is 4.97. The molecule has 0 N–H and O–H groups in total. The van der Waals surface area contributed by atoms with Gasteiger partial charge in [-0.05, 0) is 32.4 Å². The van der Waals surface area contributed by atoms with Crippen molar-refractivity contribution in [3.63, 3.8) is 0 Å². The molecule has 2 rings (SSSR count). The smallest absolute Gasteiger partial charge is 0.143 e. The van der Waals surface area contributed by atoms with Gasteiger partial charge in [0.05, 0.1) is 5.25 Å². The zero-order valence-electron chi connectivity index (χ0n) is 15.1. The standard InChI is InChI=1S/C12H16OS.C7H8.C2H6/c1-3-7-12(10(2)13)14-11-8-5-4-6-9-11;1-7-5-3-2-4-6-7;1-2/h4-6,8-9,12H,3,7H2,1-2H3;2-6H,1H3;1-2H3. The molecule has 0 saturated heterocycles. The number of aryl methyl sites for hydroxylation is 1. The van der Waals surface area contributed by atoms with Gasteiger partial charge in [0.1, 0.15) is 5.78 Å². The molecule has 0 aromatic heterocycles. The van der Waals surface area contributed by atoms with E-state index in [0.717, 1.165) is 12.8 Å². The van der Waals surface area contributed by atoms with E-state index < -0.39 is 0 Å². The lowest BCUT2D eigenvalue weighted by molar-refractivity contribution is -0.116. The van der Waals surface area contributed by atoms with Crippen molar-refractivity contribution in [2.24, 2.45) is 0 Å². The molecule has 2 heteroatoms. The van der Waals surface area contributed by atoms with E-state index in [1.54, 1.807) is 18.7 Å². The Labute approximate surface area is 146 Å². The number of hydrogen-bond donors (Lipinski definition) is 0. The summed E-state index contributed by atoms with van der Waals surface area (Å²) in [7, 11) is 0. The number of Topliss-reactive ketones (excluding diaryl/α,β-unsaturated/α-hetero) is 1. The van der Waals surface area contributed by atoms with Gasteiger partial charge in [-0.2, -0.15) is 0 Å². The number of hydrogen-bond acceptors (Lipinski definition) is 2. The number of ketones is 1. The monoisotopic (exact) mass is 330 g/mol. The molecular weight excluding hydrogens is 300 g/mol. The molecule has 0 aliphatic heterocycles. The third-order valence-electron chi connectivity index (χ3n) is 2.97. The fourth-order valence-corrected chi connectivity index (χ4v) is 2.97. The molecule has 2 aromatic carbocycles. The van der Waals surface area contributed by atoms with E-state index >= 15 is 0 Å². The van der Waals surface area contributed by atoms with Crippen LogP contribution >= 0.6 is 11.8 Å². The average molecular weight is 331 g/mol. The SMILES string of the molecule is CC.CCCC(Sc1ccccc1)C(C)=O.Cc1ccccc1. The molecule has 1 unspecified atom stereocenters. The highest BCUT2D eigenvalue weighted by Gasteiger charge is 2.13. The minimum Gasteiger partial charge on any atom is -0.299 e. The summed E-state index contributed by atoms with van der Waals surface area (Å²) in [6.45, 7) is 9.87. The Morgan fingerprint density at radius 2 is 1.43 bits per heavy atom. The maximum Gasteiger partial charge on any atom is 0.143 e. The summed E-state index contributed by atoms with van der Waals surface area (Å²) < 4.78 is 0. The van der Waals surface area contributed by atoms with Crippen LogP contribution in [-0.2, 0) is 4.79 Å². The van der Waals surface area contributed by atoms with E-state index in [1.165, 1.54) is 10.5 Å². The first kappa shape index (κ1) is 21.5. The molecule has 0 radical (unpaired) electrons. The first-order valence-electron chi connectivity index (χ1n) is 8.37. The Morgan fingerprint density at radius 3 is 1.78 bits per heavy atom. The summed E-state index contributed by atoms with van der Waals surface area (Å²) >= 11 is 1.67. The van der Waals surface area contributed by atoms with Gasteiger partial charge >= 0.3 is 0 Å². The van der Waals surface area contributed by atoms with Gasteiger partial charge in [0.25, 0.3) is 0 Å². The average Bonchev–Trinajstić information content (AvgIpc) is 2.58. The summed E-state index contributed by atoms with van der Waals surface area (Å²) in [6, 6.07) is 20.4. The molecular formula is C21H30OS. The Kier molecular flexibility index (Phi) is 13.1. The lowest BCUT2D eigenvalue weighted by Gasteiger charge is -2.11. The van der Waals surface area contributed by atoms with Crippen LogP contribution in [0.5, 0.6) is 0 Å². The summed E-state index contributed by atoms with van der Waals surface area (Å²) in [5, 5.41) is 0.127. The first-order chi connectivity index (χ1) is 11.1. The zero-order chi connectivity index (χ0) is 17.5. The quantitative estimate of drug-likeness (QED) is 0.578. The van der Waals surface area contributed by atoms with Gasteiger partial charge in [-0.15, -0.1) is 11.8 Å². The lowest BCUT2D eigenvalue weighted by atomic mass is 10.2. The third-order valence-corrected chi connectivity index (χ3v) is 4.36. The van der Waals surface area contributed by atoms with E-state index in [0.29, 0.717) is 0 Å². The van der Waals surface area contributed by atoms with Crippen LogP contribution in [0.3, 0.4) is 0 Å². The Morgan fingerprint density at radius 1 is 0.957 bits per heavy atom. The molecule has 1 atom stereocenters. The number of carbonyl (C=O) groups excluding carboxylic acids is 1. The van der Waals surface area contributed by atoms with Crippen molar-refractivity contribution >= 4 is 17.5 Å². The zero-order valence-corrected chi connectivity index (χ0v) is 15.9. The Hall–Kier alpha value is -1.54. The molecule has 0 bridgehead atoms. The molecule has 0 amide bonds. The van der Waals surface area contributed by atoms with Crippen molar-refractivity contribution in [3.8, 4) is 0 Å². The molecule has 0 saturated carbocycles. The largest absolute Gasteiger partial charge is 0.299 e. The summed E-state index contributed by atoms with van der Waals surface area (Å²) in [4.78, 5) is 12.5. The molecule has 0 fully saturated rings. The van der Waals surface area contributed by atoms with Crippen LogP contribution in [0.15, 0.2) is 65.6 Å². The van der Waals surface area contributed by atoms with Crippen molar-refractivity contribution in [3.05, 3.63) is 66.2 Å². The molecule has 2 aromatic rings. The van der Waals surface area contributed by atoms with Crippen LogP contribution in [-0.4, -0.2) is 11.0 Å². The number of carbonyl (C=O) groups is 1. The number of thioether (sulfide) groups is 1. The summed E-state index contributed by atoms with van der Waals surface area (Å²) in [5.41, 5.74) is 1.32. The van der Waals surface area contributed by atoms with Crippen molar-refractivity contribution in [1.82, 2.24) is 0 Å². The molecule has 1 nitrogen and oxygen atoms in total. The number of rotatable bonds is 5. The maximum absolute atomic E-state index is 11.3. The Balaban J connectivity index is 0.000000449. The van der Waals surface area contributed by atoms with Crippen LogP contribution in [0.4, 0.5) is 0 Å². The van der Waals surface area contributed by atoms with Crippen molar-refractivity contribution in [1.29, 1.82) is 0 Å². The van der Waals surface area contributed by atoms with Gasteiger partial charge in [0, 0.05) is 4.90 Å². The van der Waals surface area contributed by atoms with Gasteiger partial charge in [0.2, 0.25) is 0 Å². The van der Waals surface area contributed by atoms with Crippen LogP contribution in [0.25, 0.3) is 0 Å². The fourth-order valence-electron chi connectivity index (χ4n) is 1.81. The van der Waals surface area contributed by atoms with Gasteiger partial charge in [-0.3, -0.25) is 4.79 Å². The fraction of sp³-hybridized carbons (Fsp3) is 0.381. The highest BCUT2D eigenvalue weighted by atomic mass is 32.2. The van der Waals surface area contributed by atoms with Crippen molar-refractivity contribution in [2.45, 2.75) is 57.6 Å². The van der Waals surface area contributed by atoms with Gasteiger partial charge < -0.3 is 0 Å². The first-order valence-corrected chi connectivity index (χ1v) is 9.25. The molecule has 0 spiro atoms. The molecule has 0 aliphatic carbocycles.